The van der Waals surface area contributed by atoms with Gasteiger partial charge in [0.2, 0.25) is 5.91 Å². The van der Waals surface area contributed by atoms with Gasteiger partial charge < -0.3 is 10.1 Å². The van der Waals surface area contributed by atoms with Crippen molar-refractivity contribution >= 4 is 11.6 Å². The first-order valence-electron chi connectivity index (χ1n) is 17.4. The topological polar surface area (TPSA) is 38.3 Å². The predicted octanol–water partition coefficient (Wildman–Crippen LogP) is 12.4. The summed E-state index contributed by atoms with van der Waals surface area (Å²) in [5, 5.41) is 2.99. The van der Waals surface area contributed by atoms with Gasteiger partial charge >= 0.3 is 0 Å². The Balaban J connectivity index is 1.38. The Morgan fingerprint density at radius 3 is 1.30 bits per heavy atom. The zero-order valence-electron chi connectivity index (χ0n) is 27.2. The van der Waals surface area contributed by atoms with E-state index in [0.717, 1.165) is 40.1 Å². The lowest BCUT2D eigenvalue weighted by molar-refractivity contribution is -0.114. The highest BCUT2D eigenvalue weighted by Gasteiger charge is 2.16. The highest BCUT2D eigenvalue weighted by Crippen LogP contribution is 2.42. The molecule has 0 fully saturated rings. The molecule has 43 heavy (non-hydrogen) atoms. The number of rotatable bonds is 23. The molecule has 0 aliphatic heterocycles. The van der Waals surface area contributed by atoms with Crippen LogP contribution in [0.4, 0.5) is 5.69 Å². The molecule has 0 radical (unpaired) electrons. The minimum absolute atomic E-state index is 0.0782. The Morgan fingerprint density at radius 2 is 0.930 bits per heavy atom. The monoisotopic (exact) mass is 583 g/mol. The van der Waals surface area contributed by atoms with Crippen molar-refractivity contribution in [3.63, 3.8) is 0 Å². The van der Waals surface area contributed by atoms with E-state index >= 15 is 0 Å². The molecule has 1 amide bonds. The third-order valence-corrected chi connectivity index (χ3v) is 8.32. The Morgan fingerprint density at radius 1 is 0.558 bits per heavy atom. The second kappa shape index (κ2) is 21.6. The van der Waals surface area contributed by atoms with Crippen LogP contribution in [0.1, 0.15) is 129 Å². The maximum Gasteiger partial charge on any atom is 0.221 e. The highest BCUT2D eigenvalue weighted by molar-refractivity contribution is 5.93. The molecule has 3 nitrogen and oxygen atoms in total. The summed E-state index contributed by atoms with van der Waals surface area (Å²) in [6.45, 7) is 4.53. The van der Waals surface area contributed by atoms with Crippen molar-refractivity contribution in [3.8, 4) is 28.0 Å². The lowest BCUT2D eigenvalue weighted by atomic mass is 9.96. The number of carbonyl (C=O) groups is 1. The molecule has 0 spiro atoms. The first-order valence-corrected chi connectivity index (χ1v) is 17.4. The summed E-state index contributed by atoms with van der Waals surface area (Å²) in [6.07, 6.45) is 24.7. The summed E-state index contributed by atoms with van der Waals surface area (Å²) in [4.78, 5) is 11.9. The van der Waals surface area contributed by atoms with E-state index in [1.807, 2.05) is 48.5 Å². The fourth-order valence-electron chi connectivity index (χ4n) is 5.90. The van der Waals surface area contributed by atoms with Crippen LogP contribution >= 0.6 is 0 Å². The van der Waals surface area contributed by atoms with E-state index in [0.29, 0.717) is 6.61 Å². The minimum Gasteiger partial charge on any atom is -0.492 e. The van der Waals surface area contributed by atoms with Gasteiger partial charge in [-0.15, -0.1) is 0 Å². The van der Waals surface area contributed by atoms with Crippen molar-refractivity contribution in [2.24, 2.45) is 0 Å². The third kappa shape index (κ3) is 13.8. The molecule has 3 aromatic carbocycles. The van der Waals surface area contributed by atoms with E-state index in [2.05, 4.69) is 36.5 Å². The fraction of sp³-hybridized carbons (Fsp3) is 0.525. The van der Waals surface area contributed by atoms with Crippen LogP contribution < -0.4 is 10.1 Å². The number of carbonyl (C=O) groups excluding carboxylic acids is 1. The first kappa shape index (κ1) is 34.4. The summed E-state index contributed by atoms with van der Waals surface area (Å²) in [5.41, 5.74) is 4.96. The molecule has 0 aliphatic carbocycles. The normalized spacial score (nSPS) is 11.0. The Bertz CT molecular complexity index is 1080. The van der Waals surface area contributed by atoms with Gasteiger partial charge in [-0.2, -0.15) is 0 Å². The molecule has 0 aliphatic rings. The first-order chi connectivity index (χ1) is 21.2. The lowest BCUT2D eigenvalue weighted by Gasteiger charge is -2.19. The molecule has 3 rings (SSSR count). The van der Waals surface area contributed by atoms with Crippen molar-refractivity contribution in [1.29, 1.82) is 0 Å². The minimum atomic E-state index is -0.0782. The molecule has 1 N–H and O–H groups in total. The van der Waals surface area contributed by atoms with Crippen LogP contribution in [0.15, 0.2) is 72.8 Å². The zero-order chi connectivity index (χ0) is 30.4. The standard InChI is InChI=1S/C40H57NO2/c1-3-4-5-6-7-8-9-10-11-12-13-14-15-16-17-18-19-26-31-43-40-38(35-27-22-20-23-28-35)32-37(41-34(2)42)33-39(40)36-29-24-21-25-30-36/h20-25,27-30,32-33H,3-19,26,31H2,1-2H3,(H,41,42). The third-order valence-electron chi connectivity index (χ3n) is 8.32. The van der Waals surface area contributed by atoms with Crippen LogP contribution in [-0.2, 0) is 4.79 Å². The number of nitrogens with one attached hydrogen (secondary N) is 1. The Kier molecular flexibility index (Phi) is 17.3. The van der Waals surface area contributed by atoms with Crippen LogP contribution in [-0.4, -0.2) is 12.5 Å². The van der Waals surface area contributed by atoms with Gasteiger partial charge in [-0.1, -0.05) is 177 Å². The molecule has 0 saturated carbocycles. The van der Waals surface area contributed by atoms with Crippen molar-refractivity contribution < 1.29 is 9.53 Å². The highest BCUT2D eigenvalue weighted by atomic mass is 16.5. The molecule has 0 unspecified atom stereocenters. The van der Waals surface area contributed by atoms with Crippen LogP contribution in [0.5, 0.6) is 5.75 Å². The van der Waals surface area contributed by atoms with Crippen molar-refractivity contribution in [3.05, 3.63) is 72.8 Å². The van der Waals surface area contributed by atoms with Crippen molar-refractivity contribution in [2.75, 3.05) is 11.9 Å². The van der Waals surface area contributed by atoms with E-state index in [4.69, 9.17) is 4.74 Å². The summed E-state index contributed by atoms with van der Waals surface area (Å²) in [5.74, 6) is 0.809. The Labute approximate surface area is 262 Å². The molecule has 0 heterocycles. The van der Waals surface area contributed by atoms with E-state index < -0.39 is 0 Å². The van der Waals surface area contributed by atoms with E-state index in [1.54, 1.807) is 6.92 Å². The van der Waals surface area contributed by atoms with Crippen LogP contribution in [0, 0.1) is 0 Å². The van der Waals surface area contributed by atoms with E-state index in [-0.39, 0.29) is 5.91 Å². The molecule has 0 atom stereocenters. The van der Waals surface area contributed by atoms with Crippen LogP contribution in [0.3, 0.4) is 0 Å². The van der Waals surface area contributed by atoms with Gasteiger partial charge in [0, 0.05) is 23.7 Å². The number of unbranched alkanes of at least 4 members (excludes halogenated alkanes) is 17. The van der Waals surface area contributed by atoms with Gasteiger partial charge in [0.1, 0.15) is 5.75 Å². The maximum absolute atomic E-state index is 11.9. The predicted molar refractivity (Wildman–Crippen MR) is 186 cm³/mol. The molecule has 3 aromatic rings. The largest absolute Gasteiger partial charge is 0.492 e. The number of anilines is 1. The van der Waals surface area contributed by atoms with Gasteiger partial charge in [0.25, 0.3) is 0 Å². The SMILES string of the molecule is CCCCCCCCCCCCCCCCCCCCOc1c(-c2ccccc2)cc(NC(C)=O)cc1-c1ccccc1. The number of ether oxygens (including phenoxy) is 1. The molecule has 234 valence electrons. The number of hydrogen-bond acceptors (Lipinski definition) is 2. The molecular formula is C40H57NO2. The number of benzene rings is 3. The van der Waals surface area contributed by atoms with Gasteiger partial charge in [-0.05, 0) is 29.7 Å². The van der Waals surface area contributed by atoms with Crippen LogP contribution in [0.25, 0.3) is 22.3 Å². The zero-order valence-corrected chi connectivity index (χ0v) is 27.2. The Hall–Kier alpha value is -3.07. The average molecular weight is 584 g/mol. The van der Waals surface area contributed by atoms with E-state index in [1.165, 1.54) is 109 Å². The van der Waals surface area contributed by atoms with E-state index in [9.17, 15) is 4.79 Å². The number of hydrogen-bond donors (Lipinski definition) is 1. The van der Waals surface area contributed by atoms with Crippen molar-refractivity contribution in [2.45, 2.75) is 129 Å². The summed E-state index contributed by atoms with van der Waals surface area (Å²) < 4.78 is 6.55. The molecule has 0 bridgehead atoms. The van der Waals surface area contributed by atoms with Gasteiger partial charge in [0.15, 0.2) is 0 Å². The average Bonchev–Trinajstić information content (AvgIpc) is 3.03. The van der Waals surface area contributed by atoms with Crippen LogP contribution in [0.2, 0.25) is 0 Å². The quantitative estimate of drug-likeness (QED) is 0.113. The second-order valence-electron chi connectivity index (χ2n) is 12.2. The fourth-order valence-corrected chi connectivity index (χ4v) is 5.90. The molecule has 3 heteroatoms. The molecule has 0 aromatic heterocycles. The van der Waals surface area contributed by atoms with Gasteiger partial charge in [0.05, 0.1) is 6.61 Å². The summed E-state index contributed by atoms with van der Waals surface area (Å²) in [7, 11) is 0. The van der Waals surface area contributed by atoms with Crippen molar-refractivity contribution in [1.82, 2.24) is 0 Å². The van der Waals surface area contributed by atoms with Gasteiger partial charge in [-0.3, -0.25) is 4.79 Å². The second-order valence-corrected chi connectivity index (χ2v) is 12.2. The number of amides is 1. The van der Waals surface area contributed by atoms with Gasteiger partial charge in [-0.25, -0.2) is 0 Å². The summed E-state index contributed by atoms with van der Waals surface area (Å²) in [6, 6.07) is 24.7. The molecule has 0 saturated heterocycles. The maximum atomic E-state index is 11.9. The summed E-state index contributed by atoms with van der Waals surface area (Å²) >= 11 is 0. The molecular weight excluding hydrogens is 526 g/mol. The smallest absolute Gasteiger partial charge is 0.221 e. The lowest BCUT2D eigenvalue weighted by Crippen LogP contribution is -2.07.